The fourth-order valence-electron chi connectivity index (χ4n) is 3.00. The van der Waals surface area contributed by atoms with Gasteiger partial charge in [-0.1, -0.05) is 0 Å². The number of carbonyl (C=O) groups is 2. The first-order chi connectivity index (χ1) is 12.2. The summed E-state index contributed by atoms with van der Waals surface area (Å²) < 4.78 is 5.30. The number of hydrogen-bond donors (Lipinski definition) is 3. The van der Waals surface area contributed by atoms with Crippen molar-refractivity contribution in [2.45, 2.75) is 31.3 Å². The molecule has 6 nitrogen and oxygen atoms in total. The number of benzene rings is 1. The van der Waals surface area contributed by atoms with Crippen LogP contribution in [0, 0.1) is 0 Å². The Labute approximate surface area is 152 Å². The van der Waals surface area contributed by atoms with Crippen molar-refractivity contribution < 1.29 is 14.3 Å². The molecule has 2 saturated heterocycles. The molecule has 2 fully saturated rings. The molecule has 2 aliphatic heterocycles. The third-order valence-corrected chi connectivity index (χ3v) is 5.55. The summed E-state index contributed by atoms with van der Waals surface area (Å²) >= 11 is 1.88. The van der Waals surface area contributed by atoms with E-state index in [0.29, 0.717) is 25.2 Å². The second-order valence-corrected chi connectivity index (χ2v) is 7.57. The molecule has 1 atom stereocenters. The van der Waals surface area contributed by atoms with Gasteiger partial charge in [-0.25, -0.2) is 0 Å². The lowest BCUT2D eigenvalue weighted by Crippen LogP contribution is -2.39. The Hall–Kier alpha value is -1.57. The molecule has 0 bridgehead atoms. The topological polar surface area (TPSA) is 79.5 Å². The molecule has 7 heteroatoms. The second kappa shape index (κ2) is 9.22. The van der Waals surface area contributed by atoms with Crippen molar-refractivity contribution in [3.8, 4) is 0 Å². The van der Waals surface area contributed by atoms with Crippen molar-refractivity contribution in [3.05, 3.63) is 29.8 Å². The zero-order valence-electron chi connectivity index (χ0n) is 14.3. The largest absolute Gasteiger partial charge is 0.381 e. The molecule has 3 rings (SSSR count). The maximum absolute atomic E-state index is 12.3. The molecular weight excluding hydrogens is 338 g/mol. The molecule has 0 spiro atoms. The van der Waals surface area contributed by atoms with Crippen molar-refractivity contribution in [3.63, 3.8) is 0 Å². The molecule has 2 amide bonds. The molecule has 0 aliphatic carbocycles. The highest BCUT2D eigenvalue weighted by molar-refractivity contribution is 7.99. The summed E-state index contributed by atoms with van der Waals surface area (Å²) in [6, 6.07) is 7.47. The fourth-order valence-corrected chi connectivity index (χ4v) is 3.95. The van der Waals surface area contributed by atoms with Crippen LogP contribution in [-0.4, -0.2) is 55.2 Å². The SMILES string of the molecule is O=C(CC1CSCCN1)Nc1ccc(C(=O)NC2CCOCC2)cc1. The van der Waals surface area contributed by atoms with Crippen molar-refractivity contribution >= 4 is 29.3 Å². The van der Waals surface area contributed by atoms with Gasteiger partial charge in [0.1, 0.15) is 0 Å². The van der Waals surface area contributed by atoms with Gasteiger partial charge in [-0.05, 0) is 37.1 Å². The van der Waals surface area contributed by atoms with Gasteiger partial charge in [0.05, 0.1) is 0 Å². The number of rotatable bonds is 5. The molecule has 0 saturated carbocycles. The van der Waals surface area contributed by atoms with E-state index in [-0.39, 0.29) is 23.9 Å². The first-order valence-electron chi connectivity index (χ1n) is 8.80. The van der Waals surface area contributed by atoms with Crippen molar-refractivity contribution in [1.82, 2.24) is 10.6 Å². The summed E-state index contributed by atoms with van der Waals surface area (Å²) in [5.41, 5.74) is 1.32. The zero-order chi connectivity index (χ0) is 17.5. The van der Waals surface area contributed by atoms with Crippen LogP contribution >= 0.6 is 11.8 Å². The Morgan fingerprint density at radius 1 is 1.20 bits per heavy atom. The quantitative estimate of drug-likeness (QED) is 0.741. The highest BCUT2D eigenvalue weighted by atomic mass is 32.2. The normalized spacial score (nSPS) is 21.5. The van der Waals surface area contributed by atoms with E-state index in [2.05, 4.69) is 16.0 Å². The molecule has 25 heavy (non-hydrogen) atoms. The number of anilines is 1. The van der Waals surface area contributed by atoms with Gasteiger partial charge in [0, 0.05) is 61.0 Å². The highest BCUT2D eigenvalue weighted by Crippen LogP contribution is 2.14. The summed E-state index contributed by atoms with van der Waals surface area (Å²) in [7, 11) is 0. The van der Waals surface area contributed by atoms with Gasteiger partial charge in [0.2, 0.25) is 5.91 Å². The van der Waals surface area contributed by atoms with Crippen LogP contribution in [0.1, 0.15) is 29.6 Å². The van der Waals surface area contributed by atoms with Gasteiger partial charge >= 0.3 is 0 Å². The van der Waals surface area contributed by atoms with Crippen LogP contribution < -0.4 is 16.0 Å². The van der Waals surface area contributed by atoms with E-state index in [1.807, 2.05) is 11.8 Å². The van der Waals surface area contributed by atoms with Gasteiger partial charge in [-0.15, -0.1) is 0 Å². The molecule has 0 radical (unpaired) electrons. The summed E-state index contributed by atoms with van der Waals surface area (Å²) in [6.07, 6.45) is 2.18. The standard InChI is InChI=1S/C18H25N3O3S/c22-17(11-16-12-25-10-7-19-16)20-14-3-1-13(2-4-14)18(23)21-15-5-8-24-9-6-15/h1-4,15-16,19H,5-12H2,(H,20,22)(H,21,23). The molecule has 3 N–H and O–H groups in total. The van der Waals surface area contributed by atoms with Gasteiger partial charge < -0.3 is 20.7 Å². The predicted molar refractivity (Wildman–Crippen MR) is 100 cm³/mol. The monoisotopic (exact) mass is 363 g/mol. The summed E-state index contributed by atoms with van der Waals surface area (Å²) in [5.74, 6) is 2.00. The average molecular weight is 363 g/mol. The van der Waals surface area contributed by atoms with Crippen LogP contribution in [0.5, 0.6) is 0 Å². The highest BCUT2D eigenvalue weighted by Gasteiger charge is 2.18. The maximum Gasteiger partial charge on any atom is 0.251 e. The Morgan fingerprint density at radius 3 is 2.64 bits per heavy atom. The van der Waals surface area contributed by atoms with Crippen LogP contribution in [0.3, 0.4) is 0 Å². The third kappa shape index (κ3) is 5.73. The van der Waals surface area contributed by atoms with Crippen LogP contribution in [0.25, 0.3) is 0 Å². The average Bonchev–Trinajstić information content (AvgIpc) is 2.64. The Bertz CT molecular complexity index is 582. The molecule has 1 aromatic rings. The number of amides is 2. The third-order valence-electron chi connectivity index (χ3n) is 4.42. The van der Waals surface area contributed by atoms with Crippen molar-refractivity contribution in [2.75, 3.05) is 36.6 Å². The van der Waals surface area contributed by atoms with Gasteiger partial charge in [0.25, 0.3) is 5.91 Å². The molecule has 2 heterocycles. The van der Waals surface area contributed by atoms with E-state index in [4.69, 9.17) is 4.74 Å². The molecule has 1 aromatic carbocycles. The maximum atomic E-state index is 12.3. The summed E-state index contributed by atoms with van der Waals surface area (Å²) in [6.45, 7) is 2.36. The van der Waals surface area contributed by atoms with E-state index >= 15 is 0 Å². The Morgan fingerprint density at radius 2 is 1.96 bits per heavy atom. The summed E-state index contributed by atoms with van der Waals surface area (Å²) in [4.78, 5) is 24.4. The molecule has 136 valence electrons. The van der Waals surface area contributed by atoms with E-state index in [1.54, 1.807) is 24.3 Å². The second-order valence-electron chi connectivity index (χ2n) is 6.42. The number of hydrogen-bond acceptors (Lipinski definition) is 5. The summed E-state index contributed by atoms with van der Waals surface area (Å²) in [5, 5.41) is 9.29. The van der Waals surface area contributed by atoms with Crippen LogP contribution in [-0.2, 0) is 9.53 Å². The first kappa shape index (κ1) is 18.2. The van der Waals surface area contributed by atoms with Crippen LogP contribution in [0.2, 0.25) is 0 Å². The fraction of sp³-hybridized carbons (Fsp3) is 0.556. The van der Waals surface area contributed by atoms with Crippen molar-refractivity contribution in [2.24, 2.45) is 0 Å². The van der Waals surface area contributed by atoms with E-state index in [9.17, 15) is 9.59 Å². The molecule has 2 aliphatic rings. The van der Waals surface area contributed by atoms with Gasteiger partial charge in [-0.2, -0.15) is 11.8 Å². The van der Waals surface area contributed by atoms with Gasteiger partial charge in [-0.3, -0.25) is 9.59 Å². The van der Waals surface area contributed by atoms with E-state index in [1.165, 1.54) is 0 Å². The Kier molecular flexibility index (Phi) is 6.72. The van der Waals surface area contributed by atoms with Crippen molar-refractivity contribution in [1.29, 1.82) is 0 Å². The minimum Gasteiger partial charge on any atom is -0.381 e. The lowest BCUT2D eigenvalue weighted by molar-refractivity contribution is -0.116. The lowest BCUT2D eigenvalue weighted by Gasteiger charge is -2.23. The molecule has 0 aromatic heterocycles. The number of nitrogens with one attached hydrogen (secondary N) is 3. The molecular formula is C18H25N3O3S. The Balaban J connectivity index is 1.47. The first-order valence-corrected chi connectivity index (χ1v) is 9.96. The minimum atomic E-state index is -0.0757. The minimum absolute atomic E-state index is 0.000549. The molecule has 1 unspecified atom stereocenters. The zero-order valence-corrected chi connectivity index (χ0v) is 15.1. The van der Waals surface area contributed by atoms with Crippen LogP contribution in [0.4, 0.5) is 5.69 Å². The number of carbonyl (C=O) groups excluding carboxylic acids is 2. The lowest BCUT2D eigenvalue weighted by atomic mass is 10.1. The van der Waals surface area contributed by atoms with Gasteiger partial charge in [0.15, 0.2) is 0 Å². The van der Waals surface area contributed by atoms with E-state index < -0.39 is 0 Å². The predicted octanol–water partition coefficient (Wildman–Crippen LogP) is 1.63. The van der Waals surface area contributed by atoms with E-state index in [0.717, 1.165) is 36.6 Å². The van der Waals surface area contributed by atoms with Crippen LogP contribution in [0.15, 0.2) is 24.3 Å². The number of thioether (sulfide) groups is 1. The number of ether oxygens (including phenoxy) is 1. The smallest absolute Gasteiger partial charge is 0.251 e.